The van der Waals surface area contributed by atoms with Gasteiger partial charge in [-0.25, -0.2) is 0 Å². The molecule has 188 valence electrons. The quantitative estimate of drug-likeness (QED) is 0.240. The van der Waals surface area contributed by atoms with Crippen LogP contribution in [0.1, 0.15) is 38.3 Å². The Morgan fingerprint density at radius 3 is 1.71 bits per heavy atom. The molecule has 6 N–H and O–H groups in total. The summed E-state index contributed by atoms with van der Waals surface area (Å²) in [6, 6.07) is 12.3. The van der Waals surface area contributed by atoms with E-state index in [9.17, 15) is 30.6 Å². The number of aliphatic hydroxyl groups is 6. The maximum Gasteiger partial charge on any atom is 0.147 e. The first-order valence-electron chi connectivity index (χ1n) is 11.4. The zero-order valence-corrected chi connectivity index (χ0v) is 19.8. The van der Waals surface area contributed by atoms with Gasteiger partial charge in [0.25, 0.3) is 0 Å². The molecule has 0 bridgehead atoms. The van der Waals surface area contributed by atoms with Crippen LogP contribution < -0.4 is 9.47 Å². The second kappa shape index (κ2) is 12.3. The Hall–Kier alpha value is -2.46. The van der Waals surface area contributed by atoms with Gasteiger partial charge >= 0.3 is 0 Å². The van der Waals surface area contributed by atoms with Crippen molar-refractivity contribution in [2.75, 3.05) is 19.8 Å². The van der Waals surface area contributed by atoms with Crippen molar-refractivity contribution >= 4 is 0 Å². The predicted octanol–water partition coefficient (Wildman–Crippen LogP) is 1.60. The largest absolute Gasteiger partial charge is 0.494 e. The van der Waals surface area contributed by atoms with Crippen molar-refractivity contribution in [3.8, 4) is 11.5 Å². The fourth-order valence-electron chi connectivity index (χ4n) is 3.92. The van der Waals surface area contributed by atoms with Gasteiger partial charge in [0, 0.05) is 6.42 Å². The van der Waals surface area contributed by atoms with E-state index in [0.717, 1.165) is 0 Å². The molecular formula is C26H36O8. The molecule has 0 aliphatic carbocycles. The SMILES string of the molecule is C/C=C\CC(O)(c1ccc(OCC)cc1)[C@@H](O)[C@@](O)(c1ccc(OCC)cc1)[C@H](O)[C@@H](O)CO. The van der Waals surface area contributed by atoms with Crippen molar-refractivity contribution in [2.24, 2.45) is 0 Å². The highest BCUT2D eigenvalue weighted by Gasteiger charge is 2.55. The first kappa shape index (κ1) is 27.8. The molecule has 0 saturated carbocycles. The van der Waals surface area contributed by atoms with E-state index in [1.807, 2.05) is 13.8 Å². The van der Waals surface area contributed by atoms with Gasteiger partial charge in [0.15, 0.2) is 0 Å². The molecule has 0 saturated heterocycles. The van der Waals surface area contributed by atoms with Gasteiger partial charge < -0.3 is 40.1 Å². The summed E-state index contributed by atoms with van der Waals surface area (Å²) < 4.78 is 10.9. The smallest absolute Gasteiger partial charge is 0.147 e. The topological polar surface area (TPSA) is 140 Å². The maximum atomic E-state index is 11.8. The van der Waals surface area contributed by atoms with Crippen LogP contribution in [-0.2, 0) is 11.2 Å². The molecule has 8 nitrogen and oxygen atoms in total. The molecule has 0 aromatic heterocycles. The predicted molar refractivity (Wildman–Crippen MR) is 128 cm³/mol. The summed E-state index contributed by atoms with van der Waals surface area (Å²) >= 11 is 0. The van der Waals surface area contributed by atoms with Crippen LogP contribution >= 0.6 is 0 Å². The van der Waals surface area contributed by atoms with Crippen molar-refractivity contribution in [3.63, 3.8) is 0 Å². The minimum absolute atomic E-state index is 0.0216. The Labute approximate surface area is 200 Å². The normalized spacial score (nSPS) is 18.0. The van der Waals surface area contributed by atoms with E-state index in [2.05, 4.69) is 0 Å². The summed E-state index contributed by atoms with van der Waals surface area (Å²) in [6.45, 7) is 5.39. The zero-order chi connectivity index (χ0) is 25.4. The number of hydrogen-bond donors (Lipinski definition) is 6. The minimum Gasteiger partial charge on any atom is -0.494 e. The van der Waals surface area contributed by atoms with Crippen molar-refractivity contribution < 1.29 is 40.1 Å². The molecule has 0 spiro atoms. The number of hydrogen-bond acceptors (Lipinski definition) is 8. The van der Waals surface area contributed by atoms with Crippen LogP contribution in [0.5, 0.6) is 11.5 Å². The summed E-state index contributed by atoms with van der Waals surface area (Å²) in [4.78, 5) is 0. The van der Waals surface area contributed by atoms with Gasteiger partial charge in [-0.15, -0.1) is 0 Å². The monoisotopic (exact) mass is 476 g/mol. The van der Waals surface area contributed by atoms with E-state index in [0.29, 0.717) is 24.7 Å². The van der Waals surface area contributed by atoms with Gasteiger partial charge in [-0.3, -0.25) is 0 Å². The van der Waals surface area contributed by atoms with E-state index >= 15 is 0 Å². The molecule has 0 heterocycles. The molecule has 0 amide bonds. The van der Waals surface area contributed by atoms with Gasteiger partial charge in [-0.1, -0.05) is 36.4 Å². The number of allylic oxidation sites excluding steroid dienone is 1. The van der Waals surface area contributed by atoms with Crippen LogP contribution in [0.4, 0.5) is 0 Å². The van der Waals surface area contributed by atoms with Crippen molar-refractivity contribution in [1.29, 1.82) is 0 Å². The molecule has 0 fully saturated rings. The van der Waals surface area contributed by atoms with Gasteiger partial charge in [0.05, 0.1) is 19.8 Å². The van der Waals surface area contributed by atoms with Crippen molar-refractivity contribution in [3.05, 3.63) is 71.8 Å². The first-order chi connectivity index (χ1) is 16.2. The highest BCUT2D eigenvalue weighted by Crippen LogP contribution is 2.43. The Bertz CT molecular complexity index is 898. The number of rotatable bonds is 13. The van der Waals surface area contributed by atoms with E-state index in [-0.39, 0.29) is 17.5 Å². The van der Waals surface area contributed by atoms with E-state index in [4.69, 9.17) is 9.47 Å². The van der Waals surface area contributed by atoms with Crippen LogP contribution in [0.15, 0.2) is 60.7 Å². The van der Waals surface area contributed by atoms with E-state index in [1.54, 1.807) is 43.3 Å². The molecule has 1 unspecified atom stereocenters. The van der Waals surface area contributed by atoms with E-state index in [1.165, 1.54) is 24.3 Å². The van der Waals surface area contributed by atoms with Gasteiger partial charge in [-0.05, 0) is 56.2 Å². The van der Waals surface area contributed by atoms with Gasteiger partial charge in [-0.2, -0.15) is 0 Å². The Morgan fingerprint density at radius 2 is 1.29 bits per heavy atom. The summed E-state index contributed by atoms with van der Waals surface area (Å²) in [5, 5.41) is 65.6. The van der Waals surface area contributed by atoms with Crippen molar-refractivity contribution in [2.45, 2.75) is 56.7 Å². The minimum atomic E-state index is -2.57. The zero-order valence-electron chi connectivity index (χ0n) is 19.8. The van der Waals surface area contributed by atoms with Crippen LogP contribution in [0.2, 0.25) is 0 Å². The maximum absolute atomic E-state index is 11.8. The summed E-state index contributed by atoms with van der Waals surface area (Å²) in [5.74, 6) is 1.06. The third-order valence-electron chi connectivity index (χ3n) is 5.83. The third kappa shape index (κ3) is 5.78. The average Bonchev–Trinajstić information content (AvgIpc) is 2.86. The number of ether oxygens (including phenoxy) is 2. The standard InChI is InChI=1S/C26H36O8/c1-4-7-16-25(31,18-8-12-20(13-9-18)33-5-2)24(30)26(32,23(29)22(28)17-27)19-10-14-21(15-11-19)34-6-3/h4,7-15,22-24,27-32H,5-6,16-17H2,1-3H3/b7-4-/t22-,23+,24+,25?,26+/m0/s1. The lowest BCUT2D eigenvalue weighted by atomic mass is 9.70. The lowest BCUT2D eigenvalue weighted by molar-refractivity contribution is -0.238. The highest BCUT2D eigenvalue weighted by atomic mass is 16.5. The molecule has 0 radical (unpaired) electrons. The lowest BCUT2D eigenvalue weighted by Gasteiger charge is -2.46. The molecule has 2 rings (SSSR count). The van der Waals surface area contributed by atoms with Gasteiger partial charge in [0.1, 0.15) is 41.0 Å². The Morgan fingerprint density at radius 1 is 0.824 bits per heavy atom. The fourth-order valence-corrected chi connectivity index (χ4v) is 3.92. The van der Waals surface area contributed by atoms with Gasteiger partial charge in [0.2, 0.25) is 0 Å². The van der Waals surface area contributed by atoms with Crippen LogP contribution in [0.25, 0.3) is 0 Å². The Balaban J connectivity index is 2.64. The molecule has 2 aromatic carbocycles. The molecule has 0 aliphatic heterocycles. The van der Waals surface area contributed by atoms with Crippen molar-refractivity contribution in [1.82, 2.24) is 0 Å². The number of benzene rings is 2. The molecule has 2 aromatic rings. The summed E-state index contributed by atoms with van der Waals surface area (Å²) in [7, 11) is 0. The molecule has 0 aliphatic rings. The Kier molecular flexibility index (Phi) is 10.1. The first-order valence-corrected chi connectivity index (χ1v) is 11.4. The number of aliphatic hydroxyl groups excluding tert-OH is 4. The molecule has 34 heavy (non-hydrogen) atoms. The molecule has 5 atom stereocenters. The second-order valence-electron chi connectivity index (χ2n) is 8.03. The van der Waals surface area contributed by atoms with Crippen LogP contribution in [0, 0.1) is 0 Å². The second-order valence-corrected chi connectivity index (χ2v) is 8.03. The van der Waals surface area contributed by atoms with E-state index < -0.39 is 36.1 Å². The average molecular weight is 477 g/mol. The van der Waals surface area contributed by atoms with Crippen LogP contribution in [-0.4, -0.2) is 68.8 Å². The highest BCUT2D eigenvalue weighted by molar-refractivity contribution is 5.37. The fraction of sp³-hybridized carbons (Fsp3) is 0.462. The summed E-state index contributed by atoms with van der Waals surface area (Å²) in [6.07, 6.45) is -2.67. The molecule has 8 heteroatoms. The lowest BCUT2D eigenvalue weighted by Crippen LogP contribution is -2.61. The third-order valence-corrected chi connectivity index (χ3v) is 5.83. The van der Waals surface area contributed by atoms with Crippen LogP contribution in [0.3, 0.4) is 0 Å². The molecular weight excluding hydrogens is 440 g/mol. The summed E-state index contributed by atoms with van der Waals surface area (Å²) in [5.41, 5.74) is -4.37.